The monoisotopic (exact) mass is 269 g/mol. The van der Waals surface area contributed by atoms with Crippen LogP contribution in [0.4, 0.5) is 5.82 Å². The maximum Gasteiger partial charge on any atom is 0.230 e. The van der Waals surface area contributed by atoms with Crippen molar-refractivity contribution < 1.29 is 9.32 Å². The average Bonchev–Trinajstić information content (AvgIpc) is 2.96. The third kappa shape index (κ3) is 2.42. The van der Waals surface area contributed by atoms with Crippen molar-refractivity contribution in [3.63, 3.8) is 0 Å². The first-order valence-corrected chi connectivity index (χ1v) is 6.41. The lowest BCUT2D eigenvalue weighted by Gasteiger charge is -2.00. The molecule has 1 aromatic carbocycles. The fraction of sp³-hybridized carbons (Fsp3) is 0.200. The molecule has 3 aromatic rings. The maximum atomic E-state index is 12.0. The molecule has 0 atom stereocenters. The Labute approximate surface area is 116 Å². The molecule has 3 rings (SSSR count). The standard InChI is InChI=1S/C15H15N3O2/c1-9-3-4-12-11(8-16-13(12)5-9)7-15(19)17-14-6-10(2)20-18-14/h3-6,8,16H,7H2,1-2H3,(H,17,18,19). The number of carbonyl (C=O) groups excluding carboxylic acids is 1. The highest BCUT2D eigenvalue weighted by atomic mass is 16.5. The van der Waals surface area contributed by atoms with Gasteiger partial charge in [0, 0.05) is 23.2 Å². The van der Waals surface area contributed by atoms with Gasteiger partial charge in [-0.2, -0.15) is 0 Å². The molecule has 0 fully saturated rings. The quantitative estimate of drug-likeness (QED) is 0.768. The van der Waals surface area contributed by atoms with Gasteiger partial charge in [0.1, 0.15) is 5.76 Å². The van der Waals surface area contributed by atoms with Crippen LogP contribution in [0, 0.1) is 13.8 Å². The third-order valence-electron chi connectivity index (χ3n) is 3.17. The van der Waals surface area contributed by atoms with Crippen LogP contribution in [0.15, 0.2) is 35.0 Å². The molecule has 0 spiro atoms. The number of nitrogens with one attached hydrogen (secondary N) is 2. The molecule has 0 saturated carbocycles. The molecule has 0 unspecified atom stereocenters. The van der Waals surface area contributed by atoms with Gasteiger partial charge in [-0.1, -0.05) is 17.3 Å². The number of rotatable bonds is 3. The van der Waals surface area contributed by atoms with Gasteiger partial charge in [0.25, 0.3) is 0 Å². The SMILES string of the molecule is Cc1ccc2c(CC(=O)Nc3cc(C)on3)c[nH]c2c1. The normalized spacial score (nSPS) is 10.9. The van der Waals surface area contributed by atoms with Crippen LogP contribution in [0.2, 0.25) is 0 Å². The molecule has 20 heavy (non-hydrogen) atoms. The first-order chi connectivity index (χ1) is 9.61. The Morgan fingerprint density at radius 3 is 2.95 bits per heavy atom. The number of aromatic nitrogens is 2. The third-order valence-corrected chi connectivity index (χ3v) is 3.17. The fourth-order valence-electron chi connectivity index (χ4n) is 2.23. The van der Waals surface area contributed by atoms with Gasteiger partial charge in [-0.05, 0) is 31.0 Å². The van der Waals surface area contributed by atoms with Crippen LogP contribution in [-0.2, 0) is 11.2 Å². The zero-order chi connectivity index (χ0) is 14.1. The summed E-state index contributed by atoms with van der Waals surface area (Å²) in [6, 6.07) is 7.83. The van der Waals surface area contributed by atoms with Gasteiger partial charge >= 0.3 is 0 Å². The van der Waals surface area contributed by atoms with Crippen molar-refractivity contribution in [3.8, 4) is 0 Å². The summed E-state index contributed by atoms with van der Waals surface area (Å²) >= 11 is 0. The van der Waals surface area contributed by atoms with Crippen molar-refractivity contribution in [2.75, 3.05) is 5.32 Å². The van der Waals surface area contributed by atoms with Gasteiger partial charge in [-0.3, -0.25) is 4.79 Å². The zero-order valence-corrected chi connectivity index (χ0v) is 11.4. The largest absolute Gasteiger partial charge is 0.361 e. The van der Waals surface area contributed by atoms with Crippen molar-refractivity contribution in [3.05, 3.63) is 47.3 Å². The van der Waals surface area contributed by atoms with Crippen molar-refractivity contribution >= 4 is 22.6 Å². The molecule has 102 valence electrons. The second kappa shape index (κ2) is 4.85. The smallest absolute Gasteiger partial charge is 0.230 e. The molecule has 2 N–H and O–H groups in total. The molecule has 2 heterocycles. The molecular weight excluding hydrogens is 254 g/mol. The molecule has 0 aliphatic heterocycles. The van der Waals surface area contributed by atoms with E-state index in [1.54, 1.807) is 13.0 Å². The second-order valence-electron chi connectivity index (χ2n) is 4.91. The van der Waals surface area contributed by atoms with E-state index in [1.165, 1.54) is 5.56 Å². The van der Waals surface area contributed by atoms with E-state index < -0.39 is 0 Å². The highest BCUT2D eigenvalue weighted by molar-refractivity contribution is 5.95. The number of H-pyrrole nitrogens is 1. The number of amides is 1. The average molecular weight is 269 g/mol. The lowest BCUT2D eigenvalue weighted by molar-refractivity contribution is -0.115. The Kier molecular flexibility index (Phi) is 3.02. The fourth-order valence-corrected chi connectivity index (χ4v) is 2.23. The number of aryl methyl sites for hydroxylation is 2. The predicted molar refractivity (Wildman–Crippen MR) is 76.6 cm³/mol. The van der Waals surface area contributed by atoms with Crippen molar-refractivity contribution in [2.45, 2.75) is 20.3 Å². The van der Waals surface area contributed by atoms with Crippen LogP contribution in [0.3, 0.4) is 0 Å². The number of anilines is 1. The molecule has 0 radical (unpaired) electrons. The predicted octanol–water partition coefficient (Wildman–Crippen LogP) is 2.95. The number of carbonyl (C=O) groups is 1. The molecule has 0 bridgehead atoms. The summed E-state index contributed by atoms with van der Waals surface area (Å²) in [6.07, 6.45) is 2.17. The summed E-state index contributed by atoms with van der Waals surface area (Å²) in [6.45, 7) is 3.82. The number of benzene rings is 1. The molecule has 1 amide bonds. The lowest BCUT2D eigenvalue weighted by Crippen LogP contribution is -2.14. The first kappa shape index (κ1) is 12.5. The van der Waals surface area contributed by atoms with Gasteiger partial charge in [-0.15, -0.1) is 0 Å². The van der Waals surface area contributed by atoms with Crippen LogP contribution >= 0.6 is 0 Å². The molecule has 2 aromatic heterocycles. The van der Waals surface area contributed by atoms with Crippen LogP contribution in [0.5, 0.6) is 0 Å². The van der Waals surface area contributed by atoms with E-state index in [4.69, 9.17) is 4.52 Å². The van der Waals surface area contributed by atoms with Crippen LogP contribution in [0.25, 0.3) is 10.9 Å². The molecule has 0 aliphatic carbocycles. The Morgan fingerprint density at radius 1 is 1.35 bits per heavy atom. The topological polar surface area (TPSA) is 70.9 Å². The van der Waals surface area contributed by atoms with Gasteiger partial charge in [0.15, 0.2) is 5.82 Å². The number of hydrogen-bond acceptors (Lipinski definition) is 3. The summed E-state index contributed by atoms with van der Waals surface area (Å²) in [5, 5.41) is 7.53. The number of fused-ring (bicyclic) bond motifs is 1. The minimum absolute atomic E-state index is 0.111. The van der Waals surface area contributed by atoms with Crippen molar-refractivity contribution in [1.82, 2.24) is 10.1 Å². The van der Waals surface area contributed by atoms with E-state index in [-0.39, 0.29) is 5.91 Å². The Morgan fingerprint density at radius 2 is 2.20 bits per heavy atom. The minimum Gasteiger partial charge on any atom is -0.361 e. The van der Waals surface area contributed by atoms with Crippen LogP contribution < -0.4 is 5.32 Å². The Balaban J connectivity index is 1.77. The Hall–Kier alpha value is -2.56. The minimum atomic E-state index is -0.111. The highest BCUT2D eigenvalue weighted by Crippen LogP contribution is 2.20. The number of aromatic amines is 1. The van der Waals surface area contributed by atoms with E-state index in [2.05, 4.69) is 21.5 Å². The van der Waals surface area contributed by atoms with Gasteiger partial charge in [0.2, 0.25) is 5.91 Å². The van der Waals surface area contributed by atoms with Crippen molar-refractivity contribution in [1.29, 1.82) is 0 Å². The second-order valence-corrected chi connectivity index (χ2v) is 4.91. The zero-order valence-electron chi connectivity index (χ0n) is 11.4. The molecular formula is C15H15N3O2. The van der Waals surface area contributed by atoms with E-state index in [9.17, 15) is 4.79 Å². The van der Waals surface area contributed by atoms with E-state index in [0.29, 0.717) is 18.0 Å². The molecule has 0 saturated heterocycles. The molecule has 0 aliphatic rings. The first-order valence-electron chi connectivity index (χ1n) is 6.41. The summed E-state index contributed by atoms with van der Waals surface area (Å²) < 4.78 is 4.91. The van der Waals surface area contributed by atoms with Crippen LogP contribution in [-0.4, -0.2) is 16.0 Å². The lowest BCUT2D eigenvalue weighted by atomic mass is 10.1. The summed E-state index contributed by atoms with van der Waals surface area (Å²) in [5.41, 5.74) is 3.20. The van der Waals surface area contributed by atoms with Crippen molar-refractivity contribution in [2.24, 2.45) is 0 Å². The van der Waals surface area contributed by atoms with Gasteiger partial charge in [0.05, 0.1) is 6.42 Å². The highest BCUT2D eigenvalue weighted by Gasteiger charge is 2.10. The molecule has 5 nitrogen and oxygen atoms in total. The summed E-state index contributed by atoms with van der Waals surface area (Å²) in [5.74, 6) is 1.01. The van der Waals surface area contributed by atoms with E-state index >= 15 is 0 Å². The van der Waals surface area contributed by atoms with E-state index in [1.807, 2.05) is 25.3 Å². The molecule has 5 heteroatoms. The van der Waals surface area contributed by atoms with Gasteiger partial charge < -0.3 is 14.8 Å². The Bertz CT molecular complexity index is 770. The summed E-state index contributed by atoms with van der Waals surface area (Å²) in [4.78, 5) is 15.2. The summed E-state index contributed by atoms with van der Waals surface area (Å²) in [7, 11) is 0. The van der Waals surface area contributed by atoms with E-state index in [0.717, 1.165) is 16.5 Å². The van der Waals surface area contributed by atoms with Crippen LogP contribution in [0.1, 0.15) is 16.9 Å². The maximum absolute atomic E-state index is 12.0. The number of nitrogens with zero attached hydrogens (tertiary/aromatic N) is 1. The van der Waals surface area contributed by atoms with Gasteiger partial charge in [-0.25, -0.2) is 0 Å². The number of hydrogen-bond donors (Lipinski definition) is 2.